The van der Waals surface area contributed by atoms with Gasteiger partial charge in [0.25, 0.3) is 0 Å². The first kappa shape index (κ1) is 22.6. The van der Waals surface area contributed by atoms with Crippen molar-refractivity contribution >= 4 is 11.2 Å². The standard InChI is InChI=1S/C27H26FN7O/c1-16-24-26(33-27(31-16)36-2)35(25(32-24)20-10-21(28)13-30-12-20)14-17-3-4-22(19(9-17)11-29)23-15-34-7-5-18(23)6-8-34/h3-4,9-10,12-13,18,23H,5-8,14-15H2,1-2H3. The molecule has 8 nitrogen and oxygen atoms in total. The van der Waals surface area contributed by atoms with E-state index in [4.69, 9.17) is 9.72 Å². The van der Waals surface area contributed by atoms with Crippen molar-refractivity contribution in [3.63, 3.8) is 0 Å². The van der Waals surface area contributed by atoms with Crippen LogP contribution in [0.4, 0.5) is 4.39 Å². The minimum atomic E-state index is -0.444. The maximum absolute atomic E-state index is 14.1. The van der Waals surface area contributed by atoms with Crippen LogP contribution in [0.15, 0.2) is 36.7 Å². The molecule has 7 rings (SSSR count). The van der Waals surface area contributed by atoms with Gasteiger partial charge in [-0.3, -0.25) is 4.98 Å². The zero-order valence-corrected chi connectivity index (χ0v) is 20.3. The molecule has 3 aliphatic heterocycles. The second kappa shape index (κ2) is 8.95. The van der Waals surface area contributed by atoms with Gasteiger partial charge in [-0.25, -0.2) is 9.37 Å². The summed E-state index contributed by atoms with van der Waals surface area (Å²) in [5, 5.41) is 10.0. The van der Waals surface area contributed by atoms with Crippen LogP contribution in [0.5, 0.6) is 6.01 Å². The van der Waals surface area contributed by atoms with Gasteiger partial charge in [-0.15, -0.1) is 0 Å². The number of fused-ring (bicyclic) bond motifs is 4. The van der Waals surface area contributed by atoms with Gasteiger partial charge in [-0.05, 0) is 62.0 Å². The SMILES string of the molecule is COc1nc(C)c2nc(-c3cncc(F)c3)n(Cc3ccc(C4CN5CCC4CC5)c(C#N)c3)c2n1. The van der Waals surface area contributed by atoms with E-state index in [1.165, 1.54) is 26.0 Å². The summed E-state index contributed by atoms with van der Waals surface area (Å²) >= 11 is 0. The molecule has 1 unspecified atom stereocenters. The van der Waals surface area contributed by atoms with Gasteiger partial charge in [0.05, 0.1) is 37.2 Å². The summed E-state index contributed by atoms with van der Waals surface area (Å²) in [6.45, 7) is 5.59. The molecular formula is C27H26FN7O. The van der Waals surface area contributed by atoms with Gasteiger partial charge in [-0.2, -0.15) is 15.2 Å². The van der Waals surface area contributed by atoms with Crippen LogP contribution in [0.25, 0.3) is 22.6 Å². The number of rotatable bonds is 5. The van der Waals surface area contributed by atoms with Crippen LogP contribution < -0.4 is 4.74 Å². The number of piperidine rings is 3. The smallest absolute Gasteiger partial charge is 0.318 e. The number of hydrogen-bond donors (Lipinski definition) is 0. The van der Waals surface area contributed by atoms with E-state index in [9.17, 15) is 9.65 Å². The number of pyridine rings is 1. The number of imidazole rings is 1. The highest BCUT2D eigenvalue weighted by molar-refractivity contribution is 5.79. The van der Waals surface area contributed by atoms with Crippen LogP contribution in [0.3, 0.4) is 0 Å². The van der Waals surface area contributed by atoms with Crippen LogP contribution in [0.1, 0.15) is 41.1 Å². The Balaban J connectivity index is 1.44. The van der Waals surface area contributed by atoms with Gasteiger partial charge in [-0.1, -0.05) is 12.1 Å². The third kappa shape index (κ3) is 3.88. The van der Waals surface area contributed by atoms with Crippen molar-refractivity contribution in [1.29, 1.82) is 5.26 Å². The average molecular weight is 484 g/mol. The lowest BCUT2D eigenvalue weighted by Crippen LogP contribution is -2.46. The molecule has 1 aromatic carbocycles. The highest BCUT2D eigenvalue weighted by atomic mass is 19.1. The Bertz CT molecular complexity index is 1500. The van der Waals surface area contributed by atoms with Gasteiger partial charge in [0.15, 0.2) is 5.65 Å². The monoisotopic (exact) mass is 483 g/mol. The van der Waals surface area contributed by atoms with Gasteiger partial charge in [0.2, 0.25) is 0 Å². The Morgan fingerprint density at radius 1 is 1.14 bits per heavy atom. The lowest BCUT2D eigenvalue weighted by Gasteiger charge is -2.45. The molecule has 182 valence electrons. The van der Waals surface area contributed by atoms with Crippen LogP contribution in [0.2, 0.25) is 0 Å². The van der Waals surface area contributed by atoms with Crippen molar-refractivity contribution in [2.45, 2.75) is 32.2 Å². The Labute approximate surface area is 208 Å². The molecule has 3 aliphatic rings. The molecule has 2 bridgehead atoms. The van der Waals surface area contributed by atoms with Crippen LogP contribution in [-0.4, -0.2) is 56.1 Å². The Morgan fingerprint density at radius 3 is 2.67 bits per heavy atom. The molecule has 9 heteroatoms. The fraction of sp³-hybridized carbons (Fsp3) is 0.370. The van der Waals surface area contributed by atoms with Crippen LogP contribution in [0, 0.1) is 30.0 Å². The number of hydrogen-bond acceptors (Lipinski definition) is 7. The second-order valence-electron chi connectivity index (χ2n) is 9.66. The van der Waals surface area contributed by atoms with E-state index in [-0.39, 0.29) is 6.01 Å². The molecule has 0 spiro atoms. The molecule has 3 saturated heterocycles. The summed E-state index contributed by atoms with van der Waals surface area (Å²) in [4.78, 5) is 20.2. The maximum atomic E-state index is 14.1. The number of nitrogens with zero attached hydrogens (tertiary/aromatic N) is 7. The van der Waals surface area contributed by atoms with Crippen molar-refractivity contribution in [1.82, 2.24) is 29.4 Å². The molecule has 3 aromatic heterocycles. The number of ether oxygens (including phenoxy) is 1. The van der Waals surface area contributed by atoms with E-state index in [2.05, 4.69) is 38.1 Å². The Kier molecular flexibility index (Phi) is 5.61. The predicted molar refractivity (Wildman–Crippen MR) is 132 cm³/mol. The van der Waals surface area contributed by atoms with Crippen molar-refractivity contribution in [3.05, 3.63) is 64.9 Å². The quantitative estimate of drug-likeness (QED) is 0.422. The van der Waals surface area contributed by atoms with Crippen molar-refractivity contribution in [2.24, 2.45) is 5.92 Å². The van der Waals surface area contributed by atoms with Crippen LogP contribution in [-0.2, 0) is 6.54 Å². The van der Waals surface area contributed by atoms with E-state index in [1.807, 2.05) is 17.6 Å². The molecule has 6 heterocycles. The number of aromatic nitrogens is 5. The van der Waals surface area contributed by atoms with E-state index in [0.717, 1.165) is 37.0 Å². The van der Waals surface area contributed by atoms with Gasteiger partial charge >= 0.3 is 6.01 Å². The van der Waals surface area contributed by atoms with Gasteiger partial charge in [0, 0.05) is 24.2 Å². The molecule has 4 aromatic rings. The number of nitriles is 1. The summed E-state index contributed by atoms with van der Waals surface area (Å²) < 4.78 is 21.3. The van der Waals surface area contributed by atoms with E-state index in [0.29, 0.717) is 52.2 Å². The topological polar surface area (TPSA) is 92.8 Å². The molecule has 0 N–H and O–H groups in total. The van der Waals surface area contributed by atoms with Gasteiger partial charge < -0.3 is 14.2 Å². The molecule has 0 saturated carbocycles. The van der Waals surface area contributed by atoms with Crippen molar-refractivity contribution in [2.75, 3.05) is 26.7 Å². The largest absolute Gasteiger partial charge is 0.467 e. The molecule has 3 fully saturated rings. The Hall–Kier alpha value is -3.90. The Morgan fingerprint density at radius 2 is 1.97 bits per heavy atom. The van der Waals surface area contributed by atoms with E-state index in [1.54, 1.807) is 6.20 Å². The number of benzene rings is 1. The molecule has 36 heavy (non-hydrogen) atoms. The predicted octanol–water partition coefficient (Wildman–Crippen LogP) is 4.07. The number of methoxy groups -OCH3 is 1. The lowest BCUT2D eigenvalue weighted by molar-refractivity contribution is 0.0870. The third-order valence-electron chi connectivity index (χ3n) is 7.53. The maximum Gasteiger partial charge on any atom is 0.318 e. The normalized spacial score (nSPS) is 21.0. The van der Waals surface area contributed by atoms with Crippen molar-refractivity contribution < 1.29 is 9.13 Å². The van der Waals surface area contributed by atoms with Gasteiger partial charge in [0.1, 0.15) is 17.2 Å². The molecule has 0 amide bonds. The third-order valence-corrected chi connectivity index (χ3v) is 7.53. The van der Waals surface area contributed by atoms with E-state index >= 15 is 0 Å². The fourth-order valence-corrected chi connectivity index (χ4v) is 5.73. The summed E-state index contributed by atoms with van der Waals surface area (Å²) in [5.74, 6) is 1.13. The molecule has 1 atom stereocenters. The minimum absolute atomic E-state index is 0.237. The molecule has 0 radical (unpaired) electrons. The number of halogens is 1. The average Bonchev–Trinajstić information content (AvgIpc) is 3.27. The zero-order valence-electron chi connectivity index (χ0n) is 20.3. The first-order chi connectivity index (χ1) is 17.5. The molecule has 0 aliphatic carbocycles. The van der Waals surface area contributed by atoms with E-state index < -0.39 is 5.82 Å². The number of aryl methyl sites for hydroxylation is 1. The molecular weight excluding hydrogens is 457 g/mol. The summed E-state index contributed by atoms with van der Waals surface area (Å²) in [6.07, 6.45) is 5.14. The second-order valence-corrected chi connectivity index (χ2v) is 9.66. The first-order valence-corrected chi connectivity index (χ1v) is 12.2. The highest BCUT2D eigenvalue weighted by Gasteiger charge is 2.36. The highest BCUT2D eigenvalue weighted by Crippen LogP contribution is 2.40. The minimum Gasteiger partial charge on any atom is -0.467 e. The van der Waals surface area contributed by atoms with Crippen LogP contribution >= 0.6 is 0 Å². The first-order valence-electron chi connectivity index (χ1n) is 12.2. The lowest BCUT2D eigenvalue weighted by atomic mass is 9.74. The summed E-state index contributed by atoms with van der Waals surface area (Å²) in [5.41, 5.74) is 5.19. The summed E-state index contributed by atoms with van der Waals surface area (Å²) in [7, 11) is 1.52. The fourth-order valence-electron chi connectivity index (χ4n) is 5.73. The summed E-state index contributed by atoms with van der Waals surface area (Å²) in [6, 6.07) is 10.2. The van der Waals surface area contributed by atoms with Crippen molar-refractivity contribution in [3.8, 4) is 23.5 Å². The zero-order chi connectivity index (χ0) is 24.8.